The van der Waals surface area contributed by atoms with E-state index in [-0.39, 0.29) is 24.4 Å². The fourth-order valence-electron chi connectivity index (χ4n) is 4.32. The van der Waals surface area contributed by atoms with Gasteiger partial charge in [0.15, 0.2) is 5.79 Å². The van der Waals surface area contributed by atoms with Crippen LogP contribution < -0.4 is 0 Å². The number of aliphatic hydroxyl groups excluding tert-OH is 2. The highest BCUT2D eigenvalue weighted by atomic mass is 16.7. The minimum atomic E-state index is -0.845. The van der Waals surface area contributed by atoms with Crippen molar-refractivity contribution in [3.05, 3.63) is 0 Å². The van der Waals surface area contributed by atoms with Crippen LogP contribution in [0.2, 0.25) is 0 Å². The third-order valence-corrected chi connectivity index (χ3v) is 5.88. The van der Waals surface area contributed by atoms with E-state index < -0.39 is 17.5 Å². The molecule has 3 saturated heterocycles. The summed E-state index contributed by atoms with van der Waals surface area (Å²) >= 11 is 0. The summed E-state index contributed by atoms with van der Waals surface area (Å²) in [7, 11) is 0. The van der Waals surface area contributed by atoms with E-state index in [2.05, 4.69) is 13.8 Å². The topological polar surface area (TPSA) is 68.2 Å². The molecule has 1 spiro atoms. The Labute approximate surface area is 132 Å². The Morgan fingerprint density at radius 1 is 1.09 bits per heavy atom. The van der Waals surface area contributed by atoms with E-state index in [4.69, 9.17) is 14.2 Å². The molecule has 6 atom stereocenters. The minimum absolute atomic E-state index is 0.0566. The maximum Gasteiger partial charge on any atom is 0.169 e. The number of hydrogen-bond donors (Lipinski definition) is 2. The molecule has 0 saturated carbocycles. The van der Waals surface area contributed by atoms with Crippen LogP contribution in [0.4, 0.5) is 0 Å². The van der Waals surface area contributed by atoms with Crippen molar-refractivity contribution in [3.8, 4) is 0 Å². The second-order valence-electron chi connectivity index (χ2n) is 7.80. The van der Waals surface area contributed by atoms with E-state index in [0.29, 0.717) is 0 Å². The molecule has 3 rings (SSSR count). The van der Waals surface area contributed by atoms with E-state index in [0.717, 1.165) is 44.9 Å². The molecule has 3 aliphatic heterocycles. The van der Waals surface area contributed by atoms with Crippen molar-refractivity contribution in [2.75, 3.05) is 6.61 Å². The van der Waals surface area contributed by atoms with Crippen LogP contribution in [0.25, 0.3) is 0 Å². The lowest BCUT2D eigenvalue weighted by Gasteiger charge is -2.41. The second-order valence-corrected chi connectivity index (χ2v) is 7.80. The molecule has 3 aliphatic rings. The Morgan fingerprint density at radius 2 is 1.86 bits per heavy atom. The van der Waals surface area contributed by atoms with Crippen molar-refractivity contribution in [2.45, 2.75) is 101 Å². The first-order chi connectivity index (χ1) is 10.3. The molecule has 3 fully saturated rings. The molecule has 0 aromatic rings. The quantitative estimate of drug-likeness (QED) is 0.835. The highest BCUT2D eigenvalue weighted by Crippen LogP contribution is 2.50. The minimum Gasteiger partial charge on any atom is -0.394 e. The number of ether oxygens (including phenoxy) is 3. The number of rotatable bonds is 3. The Kier molecular flexibility index (Phi) is 4.32. The van der Waals surface area contributed by atoms with Crippen LogP contribution in [0.15, 0.2) is 0 Å². The number of hydrogen-bond acceptors (Lipinski definition) is 5. The van der Waals surface area contributed by atoms with Crippen molar-refractivity contribution in [2.24, 2.45) is 0 Å². The van der Waals surface area contributed by atoms with Gasteiger partial charge in [-0.1, -0.05) is 0 Å². The van der Waals surface area contributed by atoms with Crippen LogP contribution in [0, 0.1) is 0 Å². The largest absolute Gasteiger partial charge is 0.394 e. The van der Waals surface area contributed by atoms with Gasteiger partial charge in [-0.3, -0.25) is 0 Å². The fourth-order valence-corrected chi connectivity index (χ4v) is 4.32. The lowest BCUT2D eigenvalue weighted by molar-refractivity contribution is -0.300. The van der Waals surface area contributed by atoms with Crippen LogP contribution in [0.3, 0.4) is 0 Å². The van der Waals surface area contributed by atoms with E-state index in [1.807, 2.05) is 6.92 Å². The zero-order valence-electron chi connectivity index (χ0n) is 14.0. The predicted octanol–water partition coefficient (Wildman–Crippen LogP) is 2.13. The lowest BCUT2D eigenvalue weighted by Crippen LogP contribution is -2.48. The highest BCUT2D eigenvalue weighted by Gasteiger charge is 2.56. The summed E-state index contributed by atoms with van der Waals surface area (Å²) < 4.78 is 18.7. The van der Waals surface area contributed by atoms with Crippen LogP contribution in [-0.4, -0.2) is 52.1 Å². The first-order valence-corrected chi connectivity index (χ1v) is 8.66. The van der Waals surface area contributed by atoms with Crippen molar-refractivity contribution in [1.82, 2.24) is 0 Å². The first-order valence-electron chi connectivity index (χ1n) is 8.66. The van der Waals surface area contributed by atoms with Gasteiger partial charge in [0.25, 0.3) is 0 Å². The highest BCUT2D eigenvalue weighted by molar-refractivity contribution is 5.02. The smallest absolute Gasteiger partial charge is 0.169 e. The molecule has 3 heterocycles. The van der Waals surface area contributed by atoms with E-state index in [9.17, 15) is 10.2 Å². The van der Waals surface area contributed by atoms with Crippen LogP contribution in [-0.2, 0) is 14.2 Å². The van der Waals surface area contributed by atoms with Gasteiger partial charge in [0, 0.05) is 12.8 Å². The molecule has 0 unspecified atom stereocenters. The van der Waals surface area contributed by atoms with Crippen LogP contribution >= 0.6 is 0 Å². The van der Waals surface area contributed by atoms with Gasteiger partial charge in [-0.15, -0.1) is 0 Å². The molecule has 0 amide bonds. The van der Waals surface area contributed by atoms with Crippen molar-refractivity contribution >= 4 is 0 Å². The second kappa shape index (κ2) is 5.71. The molecule has 128 valence electrons. The molecular formula is C17H30O5. The van der Waals surface area contributed by atoms with Crippen molar-refractivity contribution < 1.29 is 24.4 Å². The summed E-state index contributed by atoms with van der Waals surface area (Å²) in [5.41, 5.74) is -1.05. The molecule has 0 bridgehead atoms. The summed E-state index contributed by atoms with van der Waals surface area (Å²) in [4.78, 5) is 0. The van der Waals surface area contributed by atoms with Gasteiger partial charge in [-0.05, 0) is 52.9 Å². The number of aliphatic hydroxyl groups is 2. The molecule has 0 aliphatic carbocycles. The lowest BCUT2D eigenvalue weighted by atomic mass is 9.90. The van der Waals surface area contributed by atoms with Crippen LogP contribution in [0.5, 0.6) is 0 Å². The maximum absolute atomic E-state index is 10.00. The summed E-state index contributed by atoms with van der Waals surface area (Å²) in [6, 6.07) is 0. The summed E-state index contributed by atoms with van der Waals surface area (Å²) in [6.07, 6.45) is 5.95. The zero-order chi connectivity index (χ0) is 16.0. The zero-order valence-corrected chi connectivity index (χ0v) is 14.0. The fraction of sp³-hybridized carbons (Fsp3) is 1.00. The summed E-state index contributed by atoms with van der Waals surface area (Å²) in [5.74, 6) is -0.440. The molecule has 0 aromatic carbocycles. The van der Waals surface area contributed by atoms with Gasteiger partial charge in [0.2, 0.25) is 0 Å². The summed E-state index contributed by atoms with van der Waals surface area (Å²) in [5, 5.41) is 19.2. The average Bonchev–Trinajstić information content (AvgIpc) is 3.02. The van der Waals surface area contributed by atoms with E-state index in [1.54, 1.807) is 0 Å². The Balaban J connectivity index is 1.68. The SMILES string of the molecule is C[C@@H]1CCC[C@]2(CC[C@@](C)([C@H]3CC[C@@](C)([C@H](O)CO)O3)O2)O1. The predicted molar refractivity (Wildman–Crippen MR) is 81.5 cm³/mol. The van der Waals surface area contributed by atoms with Crippen molar-refractivity contribution in [3.63, 3.8) is 0 Å². The third-order valence-electron chi connectivity index (χ3n) is 5.88. The average molecular weight is 314 g/mol. The first kappa shape index (κ1) is 16.7. The molecule has 22 heavy (non-hydrogen) atoms. The molecule has 5 heteroatoms. The molecule has 2 N–H and O–H groups in total. The maximum atomic E-state index is 10.00. The monoisotopic (exact) mass is 314 g/mol. The van der Waals surface area contributed by atoms with Gasteiger partial charge < -0.3 is 24.4 Å². The summed E-state index contributed by atoms with van der Waals surface area (Å²) in [6.45, 7) is 5.82. The molecule has 0 radical (unpaired) electrons. The van der Waals surface area contributed by atoms with Gasteiger partial charge in [-0.25, -0.2) is 0 Å². The van der Waals surface area contributed by atoms with E-state index in [1.165, 1.54) is 0 Å². The third kappa shape index (κ3) is 2.82. The van der Waals surface area contributed by atoms with Crippen molar-refractivity contribution in [1.29, 1.82) is 0 Å². The molecule has 5 nitrogen and oxygen atoms in total. The van der Waals surface area contributed by atoms with E-state index >= 15 is 0 Å². The Morgan fingerprint density at radius 3 is 2.55 bits per heavy atom. The standard InChI is InChI=1S/C17H30O5/c1-12-5-4-7-17(20-12)10-9-16(3,22-17)14-6-8-15(2,21-14)13(19)11-18/h12-14,18-19H,4-11H2,1-3H3/t12-,13-,14-,15+,16+,17+/m1/s1. The molecule has 0 aromatic heterocycles. The normalized spacial score (nSPS) is 50.6. The van der Waals surface area contributed by atoms with Gasteiger partial charge in [0.05, 0.1) is 30.0 Å². The Hall–Kier alpha value is -0.200. The van der Waals surface area contributed by atoms with Crippen LogP contribution in [0.1, 0.15) is 65.7 Å². The Bertz CT molecular complexity index is 416. The molecular weight excluding hydrogens is 284 g/mol. The van der Waals surface area contributed by atoms with Gasteiger partial charge in [-0.2, -0.15) is 0 Å². The van der Waals surface area contributed by atoms with Gasteiger partial charge in [0.1, 0.15) is 6.10 Å². The van der Waals surface area contributed by atoms with Gasteiger partial charge >= 0.3 is 0 Å².